The number of rotatable bonds is 3. The number of tetrazole rings is 2. The van der Waals surface area contributed by atoms with Gasteiger partial charge in [0.15, 0.2) is 11.7 Å². The van der Waals surface area contributed by atoms with Gasteiger partial charge < -0.3 is 0 Å². The molecule has 0 fully saturated rings. The summed E-state index contributed by atoms with van der Waals surface area (Å²) in [6, 6.07) is 33.7. The van der Waals surface area contributed by atoms with E-state index in [1.807, 2.05) is 99.0 Å². The van der Waals surface area contributed by atoms with E-state index in [4.69, 9.17) is 5.26 Å². The van der Waals surface area contributed by atoms with Gasteiger partial charge in [-0.05, 0) is 167 Å². The molecule has 238 valence electrons. The van der Waals surface area contributed by atoms with Crippen LogP contribution in [0.5, 0.6) is 0 Å². The second kappa shape index (κ2) is 18.9. The highest BCUT2D eigenvalue weighted by molar-refractivity contribution is 14.1. The highest BCUT2D eigenvalue weighted by Crippen LogP contribution is 2.16. The van der Waals surface area contributed by atoms with E-state index in [-0.39, 0.29) is 0 Å². The van der Waals surface area contributed by atoms with Gasteiger partial charge in [-0.25, -0.2) is 10.2 Å². The van der Waals surface area contributed by atoms with E-state index in [1.165, 1.54) is 10.7 Å². The number of amidine groups is 1. The van der Waals surface area contributed by atoms with Crippen molar-refractivity contribution in [2.24, 2.45) is 12.1 Å². The van der Waals surface area contributed by atoms with E-state index in [0.29, 0.717) is 5.82 Å². The van der Waals surface area contributed by atoms with Crippen LogP contribution in [0.25, 0.3) is 22.8 Å². The first-order valence-corrected chi connectivity index (χ1v) is 17.8. The molecule has 6 aromatic rings. The molecule has 0 saturated heterocycles. The Morgan fingerprint density at radius 1 is 0.660 bits per heavy atom. The number of aryl methyl sites for hydroxylation is 1. The van der Waals surface area contributed by atoms with E-state index in [1.54, 1.807) is 9.80 Å². The van der Waals surface area contributed by atoms with Crippen LogP contribution in [-0.2, 0) is 7.05 Å². The van der Waals surface area contributed by atoms with Gasteiger partial charge in [-0.2, -0.15) is 10.5 Å². The van der Waals surface area contributed by atoms with Gasteiger partial charge in [0.05, 0.1) is 11.6 Å². The number of aromatic nitrogens is 8. The monoisotopic (exact) mass is 1070 g/mol. The number of nitrogens with one attached hydrogen (secondary N) is 3. The van der Waals surface area contributed by atoms with Crippen molar-refractivity contribution in [3.05, 3.63) is 122 Å². The van der Waals surface area contributed by atoms with E-state index in [2.05, 4.69) is 161 Å². The molecule has 3 heterocycles. The van der Waals surface area contributed by atoms with E-state index in [9.17, 15) is 0 Å². The predicted molar refractivity (Wildman–Crippen MR) is 213 cm³/mol. The lowest BCUT2D eigenvalue weighted by Gasteiger charge is -2.07. The second-order valence-electron chi connectivity index (χ2n) is 9.23. The lowest BCUT2D eigenvalue weighted by Crippen LogP contribution is -2.37. The molecule has 0 atom stereocenters. The van der Waals surface area contributed by atoms with Gasteiger partial charge in [-0.1, -0.05) is 36.4 Å². The van der Waals surface area contributed by atoms with Crippen LogP contribution >= 0.6 is 90.4 Å². The van der Waals surface area contributed by atoms with Crippen molar-refractivity contribution in [2.45, 2.75) is 0 Å². The van der Waals surface area contributed by atoms with Crippen LogP contribution in [0.15, 0.2) is 102 Å². The van der Waals surface area contributed by atoms with Crippen LogP contribution in [0, 0.1) is 25.6 Å². The third-order valence-corrected chi connectivity index (χ3v) is 8.72. The zero-order valence-electron chi connectivity index (χ0n) is 24.7. The Morgan fingerprint density at radius 3 is 1.60 bits per heavy atom. The third kappa shape index (κ3) is 12.0. The largest absolute Gasteiger partial charge is 0.282 e. The number of H-pyrrole nitrogens is 1. The van der Waals surface area contributed by atoms with E-state index < -0.39 is 0 Å². The second-order valence-corrected chi connectivity index (χ2v) is 14.2. The Labute approximate surface area is 325 Å². The summed E-state index contributed by atoms with van der Waals surface area (Å²) >= 11 is 9.00. The quantitative estimate of drug-likeness (QED) is 0.179. The number of hydrazine groups is 2. The summed E-state index contributed by atoms with van der Waals surface area (Å²) in [5, 5.41) is 39.1. The predicted octanol–water partition coefficient (Wildman–Crippen LogP) is 6.02. The molecule has 0 unspecified atom stereocenters. The zero-order valence-corrected chi connectivity index (χ0v) is 33.4. The third-order valence-electron chi connectivity index (χ3n) is 5.85. The van der Waals surface area contributed by atoms with Crippen LogP contribution < -0.4 is 11.0 Å². The van der Waals surface area contributed by atoms with Crippen molar-refractivity contribution in [1.29, 1.82) is 5.26 Å². The van der Waals surface area contributed by atoms with Crippen molar-refractivity contribution in [1.82, 2.24) is 56.9 Å². The van der Waals surface area contributed by atoms with Gasteiger partial charge in [-0.15, -0.1) is 25.5 Å². The molecule has 0 amide bonds. The molecule has 0 spiro atoms. The van der Waals surface area contributed by atoms with Crippen LogP contribution in [-0.4, -0.2) is 58.8 Å². The maximum atomic E-state index is 8.38. The summed E-state index contributed by atoms with van der Waals surface area (Å²) in [7, 11) is 3.69. The van der Waals surface area contributed by atoms with E-state index in [0.717, 1.165) is 37.5 Å². The van der Waals surface area contributed by atoms with Crippen molar-refractivity contribution in [3.8, 4) is 28.8 Å². The van der Waals surface area contributed by atoms with Crippen LogP contribution in [0.1, 0.15) is 11.1 Å². The Bertz CT molecular complexity index is 1890. The fourth-order valence-electron chi connectivity index (χ4n) is 3.55. The normalized spacial score (nSPS) is 11.6. The number of hydrogen-bond donors (Lipinski definition) is 3. The minimum atomic E-state index is 0.631. The number of aromatic amines is 1. The van der Waals surface area contributed by atoms with Crippen LogP contribution in [0.2, 0.25) is 0 Å². The first kappa shape index (κ1) is 36.5. The number of hydrazone groups is 1. The maximum absolute atomic E-state index is 8.38. The van der Waals surface area contributed by atoms with Gasteiger partial charge in [0.2, 0.25) is 5.82 Å². The lowest BCUT2D eigenvalue weighted by atomic mass is 10.2. The standard InChI is InChI=1S/C8H7IN4.C8H9IN4.C7H5IN4.C7H4IN/c1-13-8(10-11-12-13)6-2-4-7(9)5-3-6;1-13-11-8(10-12-13)6-2-4-7(9)5-3-6;8-6-3-1-5(2-4-6)7-9-11-12-10-7;8-7-3-1-6(5-9)2-4-7/h2-5H,1H3;2-5,12H,1H3,(H,10,11);1-4H,(H,9,10,11,12);1-4H. The summed E-state index contributed by atoms with van der Waals surface area (Å²) in [5.41, 5.74) is 9.66. The fourth-order valence-corrected chi connectivity index (χ4v) is 4.99. The summed E-state index contributed by atoms with van der Waals surface area (Å²) in [6.07, 6.45) is 0. The van der Waals surface area contributed by atoms with Crippen molar-refractivity contribution in [3.63, 3.8) is 0 Å². The average Bonchev–Trinajstić information content (AvgIpc) is 3.87. The van der Waals surface area contributed by atoms with Crippen LogP contribution in [0.4, 0.5) is 0 Å². The van der Waals surface area contributed by atoms with Gasteiger partial charge in [0.25, 0.3) is 0 Å². The molecule has 0 radical (unpaired) electrons. The van der Waals surface area contributed by atoms with Crippen molar-refractivity contribution >= 4 is 96.2 Å². The molecule has 1 aliphatic rings. The molecular weight excluding hydrogens is 1050 g/mol. The molecule has 13 nitrogen and oxygen atoms in total. The van der Waals surface area contributed by atoms with E-state index >= 15 is 0 Å². The zero-order chi connectivity index (χ0) is 33.6. The van der Waals surface area contributed by atoms with Gasteiger partial charge in [0.1, 0.15) is 0 Å². The molecule has 17 heteroatoms. The first-order valence-electron chi connectivity index (χ1n) is 13.4. The Hall–Kier alpha value is -3.34. The molecule has 3 N–H and O–H groups in total. The molecule has 0 saturated carbocycles. The molecule has 2 aromatic heterocycles. The molecule has 47 heavy (non-hydrogen) atoms. The Balaban J connectivity index is 0.000000143. The first-order chi connectivity index (χ1) is 22.7. The lowest BCUT2D eigenvalue weighted by molar-refractivity contribution is 0.232. The molecule has 1 aliphatic heterocycles. The van der Waals surface area contributed by atoms with Crippen LogP contribution in [0.3, 0.4) is 0 Å². The minimum Gasteiger partial charge on any atom is -0.282 e. The minimum absolute atomic E-state index is 0.631. The number of nitrogens with zero attached hydrogens (tertiary/aromatic N) is 10. The van der Waals surface area contributed by atoms with Gasteiger partial charge in [-0.3, -0.25) is 5.43 Å². The van der Waals surface area contributed by atoms with Crippen molar-refractivity contribution < 1.29 is 0 Å². The molecule has 0 aliphatic carbocycles. The Kier molecular flexibility index (Phi) is 14.6. The molecule has 7 rings (SSSR count). The average molecular weight is 1080 g/mol. The SMILES string of the molecule is CN1NN=C(c2ccc(I)cc2)N1.Cn1nnnc1-c1ccc(I)cc1.Ic1ccc(-c2nn[nH]n2)cc1.N#Cc1ccc(I)cc1. The Morgan fingerprint density at radius 2 is 1.17 bits per heavy atom. The number of halogens is 4. The summed E-state index contributed by atoms with van der Waals surface area (Å²) in [4.78, 5) is 0. The number of nitriles is 1. The van der Waals surface area contributed by atoms with Gasteiger partial charge >= 0.3 is 0 Å². The van der Waals surface area contributed by atoms with Gasteiger partial charge in [0, 0.05) is 45.1 Å². The summed E-state index contributed by atoms with van der Waals surface area (Å²) in [5.74, 6) is 2.27. The smallest absolute Gasteiger partial charge is 0.204 e. The summed E-state index contributed by atoms with van der Waals surface area (Å²) in [6.45, 7) is 0. The highest BCUT2D eigenvalue weighted by atomic mass is 127. The highest BCUT2D eigenvalue weighted by Gasteiger charge is 2.11. The fraction of sp³-hybridized carbons (Fsp3) is 0.0667. The maximum Gasteiger partial charge on any atom is 0.204 e. The molecular formula is C30H25I4N13. The topological polar surface area (TPSA) is 162 Å². The summed E-state index contributed by atoms with van der Waals surface area (Å²) < 4.78 is 6.44. The number of hydrogen-bond acceptors (Lipinski definition) is 11. The molecule has 0 bridgehead atoms. The number of benzene rings is 4. The molecule has 4 aromatic carbocycles. The van der Waals surface area contributed by atoms with Crippen molar-refractivity contribution in [2.75, 3.05) is 7.05 Å².